The smallest absolute Gasteiger partial charge is 0.308 e. The zero-order chi connectivity index (χ0) is 14.4. The molecule has 0 saturated heterocycles. The van der Waals surface area contributed by atoms with Crippen molar-refractivity contribution < 1.29 is 14.0 Å². The topological polar surface area (TPSA) is 62.7 Å². The van der Waals surface area contributed by atoms with Gasteiger partial charge in [0.15, 0.2) is 0 Å². The lowest BCUT2D eigenvalue weighted by Crippen LogP contribution is -2.16. The van der Waals surface area contributed by atoms with Crippen molar-refractivity contribution in [1.82, 2.24) is 4.98 Å². The van der Waals surface area contributed by atoms with Crippen LogP contribution in [0.1, 0.15) is 5.56 Å². The summed E-state index contributed by atoms with van der Waals surface area (Å²) in [7, 11) is -2.29. The van der Waals surface area contributed by atoms with Gasteiger partial charge in [0.1, 0.15) is 0 Å². The maximum Gasteiger partial charge on any atom is 0.432 e. The summed E-state index contributed by atoms with van der Waals surface area (Å²) in [6.07, 6.45) is 3.94. The van der Waals surface area contributed by atoms with E-state index in [9.17, 15) is 9.46 Å². The molecule has 0 aliphatic carbocycles. The zero-order valence-corrected chi connectivity index (χ0v) is 12.1. The maximum atomic E-state index is 12.1. The van der Waals surface area contributed by atoms with Gasteiger partial charge in [0.25, 0.3) is 0 Å². The van der Waals surface area contributed by atoms with Crippen LogP contribution in [0.5, 0.6) is 0 Å². The van der Waals surface area contributed by atoms with Crippen LogP contribution in [0.2, 0.25) is 0 Å². The molecular formula is C14H17N2O3P. The van der Waals surface area contributed by atoms with E-state index in [0.29, 0.717) is 12.1 Å². The quantitative estimate of drug-likeness (QED) is 0.829. The summed E-state index contributed by atoms with van der Waals surface area (Å²) < 4.78 is 18.6. The number of aromatic nitrogens is 1. The molecule has 0 amide bonds. The predicted molar refractivity (Wildman–Crippen MR) is 78.6 cm³/mol. The van der Waals surface area contributed by atoms with E-state index >= 15 is 0 Å². The minimum Gasteiger partial charge on any atom is -0.308 e. The Morgan fingerprint density at radius 1 is 1.25 bits per heavy atom. The molecule has 1 aromatic carbocycles. The first-order chi connectivity index (χ1) is 9.59. The fourth-order valence-electron chi connectivity index (χ4n) is 1.70. The molecule has 0 spiro atoms. The molecule has 0 bridgehead atoms. The number of para-hydroxylation sites is 1. The standard InChI is InChI=1S/C14H17N2O3P/c1-16(14-7-3-2-4-8-14)20(17,18)19-11-9-13-6-5-10-15-12-13/h2-8,10,12H,9,11H2,1H3,(H,17,18). The van der Waals surface area contributed by atoms with Crippen LogP contribution in [0.4, 0.5) is 5.69 Å². The van der Waals surface area contributed by atoms with E-state index in [4.69, 9.17) is 4.52 Å². The number of benzene rings is 1. The first kappa shape index (κ1) is 14.7. The van der Waals surface area contributed by atoms with Gasteiger partial charge < -0.3 is 4.89 Å². The van der Waals surface area contributed by atoms with Crippen molar-refractivity contribution in [2.24, 2.45) is 0 Å². The second kappa shape index (κ2) is 6.66. The minimum absolute atomic E-state index is 0.163. The Morgan fingerprint density at radius 3 is 2.65 bits per heavy atom. The van der Waals surface area contributed by atoms with Crippen molar-refractivity contribution in [3.05, 3.63) is 60.4 Å². The second-order valence-corrected chi connectivity index (χ2v) is 6.13. The fourth-order valence-corrected chi connectivity index (χ4v) is 2.63. The molecule has 0 saturated carbocycles. The van der Waals surface area contributed by atoms with Crippen molar-refractivity contribution in [2.45, 2.75) is 6.42 Å². The highest BCUT2D eigenvalue weighted by atomic mass is 31.2. The Labute approximate surface area is 118 Å². The summed E-state index contributed by atoms with van der Waals surface area (Å²) in [5.74, 6) is 0. The van der Waals surface area contributed by atoms with E-state index in [-0.39, 0.29) is 6.61 Å². The molecule has 1 heterocycles. The average molecular weight is 292 g/mol. The first-order valence-electron chi connectivity index (χ1n) is 6.25. The van der Waals surface area contributed by atoms with Crippen molar-refractivity contribution >= 4 is 13.4 Å². The monoisotopic (exact) mass is 292 g/mol. The highest BCUT2D eigenvalue weighted by Crippen LogP contribution is 2.47. The molecule has 2 rings (SSSR count). The summed E-state index contributed by atoms with van der Waals surface area (Å²) in [5.41, 5.74) is 1.61. The van der Waals surface area contributed by atoms with Crippen LogP contribution >= 0.6 is 7.75 Å². The second-order valence-electron chi connectivity index (χ2n) is 4.29. The summed E-state index contributed by atoms with van der Waals surface area (Å²) >= 11 is 0. The van der Waals surface area contributed by atoms with Gasteiger partial charge in [-0.1, -0.05) is 24.3 Å². The number of anilines is 1. The Balaban J connectivity index is 1.92. The summed E-state index contributed by atoms with van der Waals surface area (Å²) in [6, 6.07) is 12.7. The van der Waals surface area contributed by atoms with Crippen LogP contribution in [-0.2, 0) is 15.5 Å². The maximum absolute atomic E-state index is 12.1. The number of hydrogen-bond acceptors (Lipinski definition) is 3. The van der Waals surface area contributed by atoms with Crippen molar-refractivity contribution in [1.29, 1.82) is 0 Å². The van der Waals surface area contributed by atoms with Crippen LogP contribution in [0.25, 0.3) is 0 Å². The van der Waals surface area contributed by atoms with Gasteiger partial charge in [-0.05, 0) is 30.2 Å². The lowest BCUT2D eigenvalue weighted by atomic mass is 10.2. The van der Waals surface area contributed by atoms with Crippen LogP contribution in [-0.4, -0.2) is 23.5 Å². The van der Waals surface area contributed by atoms with E-state index < -0.39 is 7.75 Å². The molecule has 1 N–H and O–H groups in total. The Hall–Kier alpha value is -1.68. The molecular weight excluding hydrogens is 275 g/mol. The normalized spacial score (nSPS) is 13.7. The lowest BCUT2D eigenvalue weighted by molar-refractivity contribution is 0.261. The Bertz CT molecular complexity index is 577. The molecule has 20 heavy (non-hydrogen) atoms. The molecule has 0 aliphatic heterocycles. The van der Waals surface area contributed by atoms with Gasteiger partial charge >= 0.3 is 7.75 Å². The molecule has 106 valence electrons. The van der Waals surface area contributed by atoms with Gasteiger partial charge in [-0.15, -0.1) is 0 Å². The van der Waals surface area contributed by atoms with Gasteiger partial charge in [0, 0.05) is 25.1 Å². The molecule has 0 fully saturated rings. The number of rotatable bonds is 6. The average Bonchev–Trinajstić information content (AvgIpc) is 2.48. The van der Waals surface area contributed by atoms with Crippen molar-refractivity contribution in [3.63, 3.8) is 0 Å². The SMILES string of the molecule is CN(c1ccccc1)P(=O)(O)OCCc1cccnc1. The molecule has 1 aromatic heterocycles. The van der Waals surface area contributed by atoms with Gasteiger partial charge in [0.2, 0.25) is 0 Å². The van der Waals surface area contributed by atoms with Crippen molar-refractivity contribution in [3.8, 4) is 0 Å². The van der Waals surface area contributed by atoms with E-state index in [1.807, 2.05) is 30.3 Å². The third kappa shape index (κ3) is 3.90. The van der Waals surface area contributed by atoms with E-state index in [1.165, 1.54) is 4.67 Å². The molecule has 5 nitrogen and oxygen atoms in total. The summed E-state index contributed by atoms with van der Waals surface area (Å²) in [5, 5.41) is 0. The lowest BCUT2D eigenvalue weighted by Gasteiger charge is -2.24. The highest BCUT2D eigenvalue weighted by Gasteiger charge is 2.26. The molecule has 1 unspecified atom stereocenters. The van der Waals surface area contributed by atoms with Gasteiger partial charge in [-0.25, -0.2) is 4.57 Å². The number of pyridine rings is 1. The molecule has 0 radical (unpaired) electrons. The molecule has 0 aliphatic rings. The van der Waals surface area contributed by atoms with E-state index in [0.717, 1.165) is 5.56 Å². The third-order valence-electron chi connectivity index (χ3n) is 2.88. The first-order valence-corrected chi connectivity index (χ1v) is 7.78. The van der Waals surface area contributed by atoms with Crippen LogP contribution < -0.4 is 4.67 Å². The summed E-state index contributed by atoms with van der Waals surface area (Å²) in [4.78, 5) is 13.9. The molecule has 6 heteroatoms. The molecule has 1 atom stereocenters. The summed E-state index contributed by atoms with van der Waals surface area (Å²) in [6.45, 7) is 0.163. The number of hydrogen-bond donors (Lipinski definition) is 1. The molecule has 2 aromatic rings. The Morgan fingerprint density at radius 2 is 2.00 bits per heavy atom. The largest absolute Gasteiger partial charge is 0.432 e. The van der Waals surface area contributed by atoms with Crippen LogP contribution in [0, 0.1) is 0 Å². The zero-order valence-electron chi connectivity index (χ0n) is 11.2. The van der Waals surface area contributed by atoms with Gasteiger partial charge in [0.05, 0.1) is 6.61 Å². The fraction of sp³-hybridized carbons (Fsp3) is 0.214. The third-order valence-corrected chi connectivity index (χ3v) is 4.39. The highest BCUT2D eigenvalue weighted by molar-refractivity contribution is 7.54. The van der Waals surface area contributed by atoms with Crippen LogP contribution in [0.15, 0.2) is 54.9 Å². The van der Waals surface area contributed by atoms with E-state index in [2.05, 4.69) is 4.98 Å². The number of nitrogens with zero attached hydrogens (tertiary/aromatic N) is 2. The van der Waals surface area contributed by atoms with Gasteiger partial charge in [-0.2, -0.15) is 0 Å². The van der Waals surface area contributed by atoms with Crippen LogP contribution in [0.3, 0.4) is 0 Å². The van der Waals surface area contributed by atoms with Gasteiger partial charge in [-0.3, -0.25) is 14.2 Å². The Kier molecular flexibility index (Phi) is 4.90. The minimum atomic E-state index is -3.83. The van der Waals surface area contributed by atoms with Crippen molar-refractivity contribution in [2.75, 3.05) is 18.3 Å². The predicted octanol–water partition coefficient (Wildman–Crippen LogP) is 2.88. The van der Waals surface area contributed by atoms with E-state index in [1.54, 1.807) is 31.6 Å².